The summed E-state index contributed by atoms with van der Waals surface area (Å²) in [6, 6.07) is 0. The van der Waals surface area contributed by atoms with Gasteiger partial charge in [-0.25, -0.2) is 0 Å². The van der Waals surface area contributed by atoms with Crippen molar-refractivity contribution in [1.29, 1.82) is 0 Å². The highest BCUT2D eigenvalue weighted by atomic mass is 16.6. The second-order valence-corrected chi connectivity index (χ2v) is 6.85. The van der Waals surface area contributed by atoms with E-state index in [-0.39, 0.29) is 36.0 Å². The van der Waals surface area contributed by atoms with Crippen LogP contribution in [0.25, 0.3) is 0 Å². The Kier molecular flexibility index (Phi) is 6.71. The number of hydrogen-bond donors (Lipinski definition) is 0. The number of ether oxygens (including phenoxy) is 2. The van der Waals surface area contributed by atoms with Crippen molar-refractivity contribution >= 4 is 11.9 Å². The molecular formula is C18H30O4. The summed E-state index contributed by atoms with van der Waals surface area (Å²) in [5.74, 6) is -0.983. The summed E-state index contributed by atoms with van der Waals surface area (Å²) in [4.78, 5) is 24.9. The molecule has 0 aliphatic heterocycles. The van der Waals surface area contributed by atoms with E-state index in [4.69, 9.17) is 9.47 Å². The number of rotatable bonds is 5. The Morgan fingerprint density at radius 1 is 0.909 bits per heavy atom. The van der Waals surface area contributed by atoms with E-state index in [1.54, 1.807) is 0 Å². The highest BCUT2D eigenvalue weighted by molar-refractivity contribution is 5.82. The lowest BCUT2D eigenvalue weighted by Crippen LogP contribution is -2.37. The molecule has 0 radical (unpaired) electrons. The second kappa shape index (κ2) is 8.54. The standard InChI is InChI=1S/C18H30O4/c1-3-13(2)21-17(19)15-11-7-8-12-16(15)18(20)22-14-9-5-4-6-10-14/h13-16H,3-12H2,1-2H3. The minimum atomic E-state index is -0.307. The van der Waals surface area contributed by atoms with E-state index < -0.39 is 0 Å². The van der Waals surface area contributed by atoms with Gasteiger partial charge in [-0.1, -0.05) is 26.2 Å². The molecule has 0 aromatic carbocycles. The Balaban J connectivity index is 1.92. The van der Waals surface area contributed by atoms with Gasteiger partial charge in [0.1, 0.15) is 6.10 Å². The zero-order chi connectivity index (χ0) is 15.9. The molecule has 3 atom stereocenters. The average molecular weight is 310 g/mol. The molecule has 2 rings (SSSR count). The van der Waals surface area contributed by atoms with Crippen LogP contribution in [-0.4, -0.2) is 24.1 Å². The molecule has 0 heterocycles. The summed E-state index contributed by atoms with van der Waals surface area (Å²) in [6.45, 7) is 3.89. The first-order chi connectivity index (χ1) is 10.6. The van der Waals surface area contributed by atoms with Gasteiger partial charge in [-0.05, 0) is 51.9 Å². The van der Waals surface area contributed by atoms with Gasteiger partial charge in [0, 0.05) is 0 Å². The summed E-state index contributed by atoms with van der Waals surface area (Å²) in [5.41, 5.74) is 0. The molecule has 2 saturated carbocycles. The number of carbonyl (C=O) groups is 2. The van der Waals surface area contributed by atoms with Crippen LogP contribution in [0.2, 0.25) is 0 Å². The maximum atomic E-state index is 12.5. The second-order valence-electron chi connectivity index (χ2n) is 6.85. The Morgan fingerprint density at radius 2 is 1.45 bits per heavy atom. The molecule has 0 saturated heterocycles. The Hall–Kier alpha value is -1.06. The summed E-state index contributed by atoms with van der Waals surface area (Å²) in [6.07, 6.45) is 9.75. The quantitative estimate of drug-likeness (QED) is 0.720. The zero-order valence-corrected chi connectivity index (χ0v) is 14.0. The van der Waals surface area contributed by atoms with Crippen molar-refractivity contribution in [2.45, 2.75) is 90.3 Å². The van der Waals surface area contributed by atoms with Gasteiger partial charge in [0.25, 0.3) is 0 Å². The minimum Gasteiger partial charge on any atom is -0.462 e. The Labute approximate surface area is 133 Å². The van der Waals surface area contributed by atoms with Gasteiger partial charge in [0.15, 0.2) is 0 Å². The van der Waals surface area contributed by atoms with E-state index in [9.17, 15) is 9.59 Å². The molecule has 3 unspecified atom stereocenters. The van der Waals surface area contributed by atoms with Gasteiger partial charge < -0.3 is 9.47 Å². The lowest BCUT2D eigenvalue weighted by molar-refractivity contribution is -0.169. The molecular weight excluding hydrogens is 280 g/mol. The molecule has 0 N–H and O–H groups in total. The third-order valence-electron chi connectivity index (χ3n) is 5.10. The predicted octanol–water partition coefficient (Wildman–Crippen LogP) is 4.01. The van der Waals surface area contributed by atoms with Crippen LogP contribution < -0.4 is 0 Å². The molecule has 2 aliphatic rings. The van der Waals surface area contributed by atoms with E-state index in [1.807, 2.05) is 13.8 Å². The average Bonchev–Trinajstić information content (AvgIpc) is 2.55. The van der Waals surface area contributed by atoms with Gasteiger partial charge >= 0.3 is 11.9 Å². The topological polar surface area (TPSA) is 52.6 Å². The fourth-order valence-electron chi connectivity index (χ4n) is 3.50. The van der Waals surface area contributed by atoms with Crippen molar-refractivity contribution in [1.82, 2.24) is 0 Å². The fraction of sp³-hybridized carbons (Fsp3) is 0.889. The lowest BCUT2D eigenvalue weighted by Gasteiger charge is -2.31. The first kappa shape index (κ1) is 17.3. The Morgan fingerprint density at radius 3 is 2.05 bits per heavy atom. The van der Waals surface area contributed by atoms with Crippen molar-refractivity contribution < 1.29 is 19.1 Å². The molecule has 2 fully saturated rings. The molecule has 2 aliphatic carbocycles. The van der Waals surface area contributed by atoms with Crippen LogP contribution in [0, 0.1) is 11.8 Å². The molecule has 0 amide bonds. The zero-order valence-electron chi connectivity index (χ0n) is 14.0. The third-order valence-corrected chi connectivity index (χ3v) is 5.10. The van der Waals surface area contributed by atoms with Crippen LogP contribution in [-0.2, 0) is 19.1 Å². The third kappa shape index (κ3) is 4.72. The van der Waals surface area contributed by atoms with Gasteiger partial charge in [-0.2, -0.15) is 0 Å². The van der Waals surface area contributed by atoms with Crippen molar-refractivity contribution in [2.24, 2.45) is 11.8 Å². The van der Waals surface area contributed by atoms with E-state index >= 15 is 0 Å². The van der Waals surface area contributed by atoms with Crippen LogP contribution >= 0.6 is 0 Å². The highest BCUT2D eigenvalue weighted by Crippen LogP contribution is 2.33. The van der Waals surface area contributed by atoms with Crippen molar-refractivity contribution in [2.75, 3.05) is 0 Å². The van der Waals surface area contributed by atoms with Crippen LogP contribution in [0.5, 0.6) is 0 Å². The molecule has 0 bridgehead atoms. The maximum Gasteiger partial charge on any atom is 0.310 e. The smallest absolute Gasteiger partial charge is 0.310 e. The number of esters is 2. The first-order valence-corrected chi connectivity index (χ1v) is 9.02. The van der Waals surface area contributed by atoms with E-state index in [0.29, 0.717) is 0 Å². The van der Waals surface area contributed by atoms with E-state index in [1.165, 1.54) is 6.42 Å². The van der Waals surface area contributed by atoms with E-state index in [0.717, 1.165) is 57.8 Å². The van der Waals surface area contributed by atoms with Crippen molar-refractivity contribution in [3.8, 4) is 0 Å². The van der Waals surface area contributed by atoms with Crippen LogP contribution in [0.3, 0.4) is 0 Å². The molecule has 0 aromatic heterocycles. The molecule has 0 aromatic rings. The number of hydrogen-bond acceptors (Lipinski definition) is 4. The summed E-state index contributed by atoms with van der Waals surface area (Å²) < 4.78 is 11.2. The molecule has 126 valence electrons. The fourth-order valence-corrected chi connectivity index (χ4v) is 3.50. The van der Waals surface area contributed by atoms with Gasteiger partial charge in [-0.3, -0.25) is 9.59 Å². The molecule has 22 heavy (non-hydrogen) atoms. The summed E-state index contributed by atoms with van der Waals surface area (Å²) >= 11 is 0. The highest BCUT2D eigenvalue weighted by Gasteiger charge is 2.39. The van der Waals surface area contributed by atoms with Gasteiger partial charge in [0.2, 0.25) is 0 Å². The Bertz CT molecular complexity index is 373. The first-order valence-electron chi connectivity index (χ1n) is 9.02. The normalized spacial score (nSPS) is 27.9. The predicted molar refractivity (Wildman–Crippen MR) is 84.3 cm³/mol. The van der Waals surface area contributed by atoms with Crippen LogP contribution in [0.1, 0.15) is 78.1 Å². The van der Waals surface area contributed by atoms with Crippen molar-refractivity contribution in [3.63, 3.8) is 0 Å². The summed E-state index contributed by atoms with van der Waals surface area (Å²) in [5, 5.41) is 0. The van der Waals surface area contributed by atoms with Crippen LogP contribution in [0.4, 0.5) is 0 Å². The monoisotopic (exact) mass is 310 g/mol. The summed E-state index contributed by atoms with van der Waals surface area (Å²) in [7, 11) is 0. The minimum absolute atomic E-state index is 0.0643. The SMILES string of the molecule is CCC(C)OC(=O)C1CCCCC1C(=O)OC1CCCCC1. The maximum absolute atomic E-state index is 12.5. The van der Waals surface area contributed by atoms with E-state index in [2.05, 4.69) is 0 Å². The van der Waals surface area contributed by atoms with Crippen LogP contribution in [0.15, 0.2) is 0 Å². The lowest BCUT2D eigenvalue weighted by atomic mass is 9.79. The van der Waals surface area contributed by atoms with Gasteiger partial charge in [-0.15, -0.1) is 0 Å². The molecule has 4 heteroatoms. The number of carbonyl (C=O) groups excluding carboxylic acids is 2. The molecule has 0 spiro atoms. The molecule has 4 nitrogen and oxygen atoms in total. The largest absolute Gasteiger partial charge is 0.462 e. The van der Waals surface area contributed by atoms with Gasteiger partial charge in [0.05, 0.1) is 17.9 Å². The van der Waals surface area contributed by atoms with Crippen molar-refractivity contribution in [3.05, 3.63) is 0 Å².